The molecule has 0 amide bonds. The lowest BCUT2D eigenvalue weighted by atomic mass is 10.2. The molecule has 1 heterocycles. The number of pyridine rings is 1. The third kappa shape index (κ3) is 6.18. The highest BCUT2D eigenvalue weighted by molar-refractivity contribution is 5.86. The highest BCUT2D eigenvalue weighted by Crippen LogP contribution is 2.01. The van der Waals surface area contributed by atoms with Gasteiger partial charge in [-0.25, -0.2) is 9.36 Å². The largest absolute Gasteiger partial charge is 0.463 e. The number of unbranched alkanes of at least 4 members (excludes halogenated alkanes) is 3. The summed E-state index contributed by atoms with van der Waals surface area (Å²) in [6, 6.07) is 3.89. The first-order valence-corrected chi connectivity index (χ1v) is 6.52. The second kappa shape index (κ2) is 8.45. The molecule has 1 aromatic rings. The van der Waals surface area contributed by atoms with Gasteiger partial charge in [0.05, 0.1) is 6.61 Å². The Balaban J connectivity index is 2.27. The molecule has 0 saturated heterocycles. The van der Waals surface area contributed by atoms with Crippen molar-refractivity contribution >= 4 is 12.0 Å². The van der Waals surface area contributed by atoms with Crippen LogP contribution in [0.3, 0.4) is 0 Å². The van der Waals surface area contributed by atoms with Crippen molar-refractivity contribution in [1.29, 1.82) is 0 Å². The van der Waals surface area contributed by atoms with Crippen LogP contribution in [0.2, 0.25) is 0 Å². The molecule has 0 atom stereocenters. The van der Waals surface area contributed by atoms with E-state index in [0.717, 1.165) is 18.4 Å². The number of esters is 1. The zero-order chi connectivity index (χ0) is 13.2. The number of aromatic nitrogens is 1. The summed E-state index contributed by atoms with van der Waals surface area (Å²) in [6.07, 6.45) is 11.6. The Morgan fingerprint density at radius 2 is 2.22 bits per heavy atom. The van der Waals surface area contributed by atoms with Crippen molar-refractivity contribution in [1.82, 2.24) is 0 Å². The quantitative estimate of drug-likeness (QED) is 0.321. The van der Waals surface area contributed by atoms with E-state index in [0.29, 0.717) is 6.61 Å². The second-order valence-electron chi connectivity index (χ2n) is 4.36. The Morgan fingerprint density at radius 1 is 1.39 bits per heavy atom. The van der Waals surface area contributed by atoms with Crippen LogP contribution in [0.15, 0.2) is 30.6 Å². The topological polar surface area (TPSA) is 30.2 Å². The van der Waals surface area contributed by atoms with Crippen LogP contribution in [-0.2, 0) is 16.6 Å². The lowest BCUT2D eigenvalue weighted by molar-refractivity contribution is -0.671. The summed E-state index contributed by atoms with van der Waals surface area (Å²) in [4.78, 5) is 11.4. The van der Waals surface area contributed by atoms with Crippen molar-refractivity contribution in [3.63, 3.8) is 0 Å². The maximum Gasteiger partial charge on any atom is 0.330 e. The van der Waals surface area contributed by atoms with E-state index in [1.165, 1.54) is 18.9 Å². The minimum absolute atomic E-state index is 0.266. The fourth-order valence-electron chi connectivity index (χ4n) is 1.62. The zero-order valence-electron chi connectivity index (χ0n) is 11.3. The predicted octanol–water partition coefficient (Wildman–Crippen LogP) is 2.65. The van der Waals surface area contributed by atoms with E-state index in [-0.39, 0.29) is 5.97 Å². The van der Waals surface area contributed by atoms with E-state index >= 15 is 0 Å². The third-order valence-corrected chi connectivity index (χ3v) is 2.62. The number of rotatable bonds is 7. The van der Waals surface area contributed by atoms with Crippen LogP contribution in [0.1, 0.15) is 38.2 Å². The van der Waals surface area contributed by atoms with Gasteiger partial charge in [0.15, 0.2) is 12.4 Å². The minimum Gasteiger partial charge on any atom is -0.463 e. The molecule has 0 aromatic carbocycles. The van der Waals surface area contributed by atoms with Crippen molar-refractivity contribution in [3.05, 3.63) is 36.2 Å². The van der Waals surface area contributed by atoms with Crippen molar-refractivity contribution in [2.45, 2.75) is 32.6 Å². The van der Waals surface area contributed by atoms with Gasteiger partial charge in [-0.3, -0.25) is 0 Å². The van der Waals surface area contributed by atoms with Gasteiger partial charge in [0.2, 0.25) is 0 Å². The van der Waals surface area contributed by atoms with E-state index in [9.17, 15) is 4.79 Å². The Morgan fingerprint density at radius 3 is 2.94 bits per heavy atom. The molecule has 0 fully saturated rings. The van der Waals surface area contributed by atoms with Gasteiger partial charge >= 0.3 is 5.97 Å². The van der Waals surface area contributed by atoms with Crippen LogP contribution < -0.4 is 4.57 Å². The van der Waals surface area contributed by atoms with Gasteiger partial charge in [0.1, 0.15) is 7.05 Å². The molecule has 0 bridgehead atoms. The molecule has 18 heavy (non-hydrogen) atoms. The van der Waals surface area contributed by atoms with Gasteiger partial charge in [-0.05, 0) is 18.6 Å². The number of nitrogens with zero attached hydrogens (tertiary/aromatic N) is 1. The summed E-state index contributed by atoms with van der Waals surface area (Å²) < 4.78 is 7.05. The molecule has 0 spiro atoms. The van der Waals surface area contributed by atoms with Crippen molar-refractivity contribution in [2.75, 3.05) is 6.61 Å². The minimum atomic E-state index is -0.266. The van der Waals surface area contributed by atoms with E-state index in [1.54, 1.807) is 6.08 Å². The van der Waals surface area contributed by atoms with Crippen LogP contribution in [-0.4, -0.2) is 12.6 Å². The van der Waals surface area contributed by atoms with E-state index in [2.05, 4.69) is 6.92 Å². The first-order chi connectivity index (χ1) is 8.72. The Kier molecular flexibility index (Phi) is 6.77. The van der Waals surface area contributed by atoms with E-state index in [4.69, 9.17) is 4.74 Å². The molecule has 3 nitrogen and oxygen atoms in total. The molecule has 0 saturated carbocycles. The average molecular weight is 248 g/mol. The maximum absolute atomic E-state index is 11.4. The highest BCUT2D eigenvalue weighted by Gasteiger charge is 1.98. The number of ether oxygens (including phenoxy) is 1. The SMILES string of the molecule is CCCCCCOC(=O)/C=C/c1ccc[n+](C)c1. The zero-order valence-corrected chi connectivity index (χ0v) is 11.3. The molecular weight excluding hydrogens is 226 g/mol. The fourth-order valence-corrected chi connectivity index (χ4v) is 1.62. The number of aryl methyl sites for hydroxylation is 1. The second-order valence-corrected chi connectivity index (χ2v) is 4.36. The van der Waals surface area contributed by atoms with Gasteiger partial charge < -0.3 is 4.74 Å². The predicted molar refractivity (Wildman–Crippen MR) is 71.8 cm³/mol. The first-order valence-electron chi connectivity index (χ1n) is 6.52. The molecule has 0 aliphatic rings. The van der Waals surface area contributed by atoms with Crippen LogP contribution in [0, 0.1) is 0 Å². The van der Waals surface area contributed by atoms with Crippen molar-refractivity contribution in [2.24, 2.45) is 7.05 Å². The van der Waals surface area contributed by atoms with Gasteiger partial charge in [-0.2, -0.15) is 0 Å². The monoisotopic (exact) mass is 248 g/mol. The van der Waals surface area contributed by atoms with E-state index in [1.807, 2.05) is 36.1 Å². The van der Waals surface area contributed by atoms with Gasteiger partial charge in [0.25, 0.3) is 0 Å². The summed E-state index contributed by atoms with van der Waals surface area (Å²) in [5.74, 6) is -0.266. The van der Waals surface area contributed by atoms with Gasteiger partial charge in [-0.15, -0.1) is 0 Å². The molecule has 98 valence electrons. The van der Waals surface area contributed by atoms with Crippen LogP contribution in [0.4, 0.5) is 0 Å². The Hall–Kier alpha value is -1.64. The van der Waals surface area contributed by atoms with Crippen molar-refractivity contribution < 1.29 is 14.1 Å². The molecule has 0 aliphatic heterocycles. The summed E-state index contributed by atoms with van der Waals surface area (Å²) in [6.45, 7) is 2.68. The van der Waals surface area contributed by atoms with Crippen LogP contribution in [0.25, 0.3) is 6.08 Å². The lowest BCUT2D eigenvalue weighted by Gasteiger charge is -2.00. The molecule has 1 aromatic heterocycles. The van der Waals surface area contributed by atoms with E-state index < -0.39 is 0 Å². The van der Waals surface area contributed by atoms with Crippen LogP contribution >= 0.6 is 0 Å². The molecule has 1 rings (SSSR count). The number of carbonyl (C=O) groups excluding carboxylic acids is 1. The normalized spacial score (nSPS) is 10.8. The summed E-state index contributed by atoms with van der Waals surface area (Å²) in [5, 5.41) is 0. The number of carbonyl (C=O) groups is 1. The molecule has 0 unspecified atom stereocenters. The van der Waals surface area contributed by atoms with Gasteiger partial charge in [-0.1, -0.05) is 26.2 Å². The van der Waals surface area contributed by atoms with Crippen molar-refractivity contribution in [3.8, 4) is 0 Å². The first kappa shape index (κ1) is 14.4. The Labute approximate surface area is 109 Å². The number of hydrogen-bond acceptors (Lipinski definition) is 2. The summed E-state index contributed by atoms with van der Waals surface area (Å²) in [7, 11) is 1.95. The average Bonchev–Trinajstić information content (AvgIpc) is 2.36. The highest BCUT2D eigenvalue weighted by atomic mass is 16.5. The maximum atomic E-state index is 11.4. The summed E-state index contributed by atoms with van der Waals surface area (Å²) >= 11 is 0. The van der Waals surface area contributed by atoms with Crippen LogP contribution in [0.5, 0.6) is 0 Å². The molecule has 0 N–H and O–H groups in total. The standard InChI is InChI=1S/C15H22NO2/c1-3-4-5-6-12-18-15(17)10-9-14-8-7-11-16(2)13-14/h7-11,13H,3-6,12H2,1-2H3/q+1/b10-9+. The molecule has 3 heteroatoms. The number of hydrogen-bond donors (Lipinski definition) is 0. The lowest BCUT2D eigenvalue weighted by Crippen LogP contribution is -2.26. The molecule has 0 aliphatic carbocycles. The smallest absolute Gasteiger partial charge is 0.330 e. The molecular formula is C15H22NO2+. The fraction of sp³-hybridized carbons (Fsp3) is 0.467. The third-order valence-electron chi connectivity index (χ3n) is 2.62. The molecule has 0 radical (unpaired) electrons. The summed E-state index contributed by atoms with van der Waals surface area (Å²) in [5.41, 5.74) is 0.989. The Bertz CT molecular complexity index is 399. The van der Waals surface area contributed by atoms with Gasteiger partial charge in [0, 0.05) is 17.7 Å².